The fourth-order valence-corrected chi connectivity index (χ4v) is 1.00. The summed E-state index contributed by atoms with van der Waals surface area (Å²) in [6.07, 6.45) is 0.983. The zero-order valence-electron chi connectivity index (χ0n) is 5.27. The first-order valence-electron chi connectivity index (χ1n) is 2.60. The Morgan fingerprint density at radius 1 is 1.09 bits per heavy atom. The third kappa shape index (κ3) is 1.97. The van der Waals surface area contributed by atoms with E-state index in [1.165, 1.54) is 0 Å². The predicted molar refractivity (Wildman–Crippen MR) is 39.3 cm³/mol. The number of nitrogens with one attached hydrogen (secondary N) is 2. The van der Waals surface area contributed by atoms with E-state index in [0.29, 0.717) is 23.1 Å². The molecule has 6 nitrogen and oxygen atoms in total. The van der Waals surface area contributed by atoms with Crippen molar-refractivity contribution in [3.05, 3.63) is 0 Å². The van der Waals surface area contributed by atoms with Crippen LogP contribution in [0.1, 0.15) is 0 Å². The lowest BCUT2D eigenvalue weighted by Crippen LogP contribution is -1.92. The maximum Gasteiger partial charge on any atom is 0.213 e. The van der Waals surface area contributed by atoms with Gasteiger partial charge in [-0.15, -0.1) is 10.2 Å². The fraction of sp³-hybridized carbons (Fsp3) is 0. The summed E-state index contributed by atoms with van der Waals surface area (Å²) in [5.74, 6) is 0. The molecule has 0 fully saturated rings. The van der Waals surface area contributed by atoms with Gasteiger partial charge in [0, 0.05) is 0 Å². The van der Waals surface area contributed by atoms with Crippen LogP contribution < -0.4 is 10.6 Å². The van der Waals surface area contributed by atoms with Gasteiger partial charge in [-0.25, -0.2) is 0 Å². The van der Waals surface area contributed by atoms with Gasteiger partial charge in [0.05, 0.1) is 0 Å². The summed E-state index contributed by atoms with van der Waals surface area (Å²) in [4.78, 5) is 19.8. The van der Waals surface area contributed by atoms with Crippen LogP contribution in [0.25, 0.3) is 0 Å². The SMILES string of the molecule is O=CNc1nnc(NC=O)s1. The highest BCUT2D eigenvalue weighted by atomic mass is 32.1. The number of anilines is 2. The van der Waals surface area contributed by atoms with E-state index < -0.39 is 0 Å². The quantitative estimate of drug-likeness (QED) is 0.609. The number of amides is 2. The van der Waals surface area contributed by atoms with E-state index in [0.717, 1.165) is 11.3 Å². The van der Waals surface area contributed by atoms with E-state index in [-0.39, 0.29) is 0 Å². The van der Waals surface area contributed by atoms with Gasteiger partial charge < -0.3 is 10.6 Å². The zero-order valence-corrected chi connectivity index (χ0v) is 6.09. The number of aromatic nitrogens is 2. The Bertz CT molecular complexity index is 236. The van der Waals surface area contributed by atoms with Gasteiger partial charge in [-0.05, 0) is 0 Å². The van der Waals surface area contributed by atoms with E-state index in [9.17, 15) is 9.59 Å². The van der Waals surface area contributed by atoms with Gasteiger partial charge >= 0.3 is 0 Å². The largest absolute Gasteiger partial charge is 0.303 e. The van der Waals surface area contributed by atoms with Crippen LogP contribution in [0.5, 0.6) is 0 Å². The number of carbonyl (C=O) groups is 2. The summed E-state index contributed by atoms with van der Waals surface area (Å²) in [5.41, 5.74) is 0. The van der Waals surface area contributed by atoms with Crippen LogP contribution in [-0.2, 0) is 9.59 Å². The first-order chi connectivity index (χ1) is 5.36. The van der Waals surface area contributed by atoms with Gasteiger partial charge in [0.2, 0.25) is 23.1 Å². The van der Waals surface area contributed by atoms with Crippen molar-refractivity contribution < 1.29 is 9.59 Å². The molecular formula is C4H4N4O2S. The molecular weight excluding hydrogens is 168 g/mol. The summed E-state index contributed by atoms with van der Waals surface area (Å²) >= 11 is 1.08. The maximum atomic E-state index is 9.88. The van der Waals surface area contributed by atoms with Crippen molar-refractivity contribution >= 4 is 34.4 Å². The molecule has 1 heterocycles. The highest BCUT2D eigenvalue weighted by molar-refractivity contribution is 7.19. The topological polar surface area (TPSA) is 84.0 Å². The van der Waals surface area contributed by atoms with Crippen molar-refractivity contribution in [3.8, 4) is 0 Å². The van der Waals surface area contributed by atoms with Gasteiger partial charge in [0.25, 0.3) is 0 Å². The Morgan fingerprint density at radius 2 is 1.55 bits per heavy atom. The van der Waals surface area contributed by atoms with E-state index in [1.807, 2.05) is 0 Å². The van der Waals surface area contributed by atoms with Crippen LogP contribution >= 0.6 is 11.3 Å². The van der Waals surface area contributed by atoms with Crippen LogP contribution in [0.4, 0.5) is 10.3 Å². The summed E-state index contributed by atoms with van der Waals surface area (Å²) < 4.78 is 0. The molecule has 0 bridgehead atoms. The molecule has 0 unspecified atom stereocenters. The average molecular weight is 172 g/mol. The molecule has 1 aromatic rings. The molecule has 0 atom stereocenters. The van der Waals surface area contributed by atoms with Crippen molar-refractivity contribution in [3.63, 3.8) is 0 Å². The van der Waals surface area contributed by atoms with Crippen LogP contribution in [0, 0.1) is 0 Å². The standard InChI is InChI=1S/C4H4N4O2S/c9-1-5-3-7-8-4(11-3)6-2-10/h1-2H,(H,5,7,9)(H,6,8,10). The molecule has 11 heavy (non-hydrogen) atoms. The van der Waals surface area contributed by atoms with Crippen molar-refractivity contribution in [2.24, 2.45) is 0 Å². The van der Waals surface area contributed by atoms with E-state index in [2.05, 4.69) is 20.8 Å². The third-order valence-corrected chi connectivity index (χ3v) is 1.58. The molecule has 0 aliphatic heterocycles. The second-order valence-electron chi connectivity index (χ2n) is 1.44. The Hall–Kier alpha value is -1.50. The second-order valence-corrected chi connectivity index (χ2v) is 2.41. The Morgan fingerprint density at radius 3 is 1.91 bits per heavy atom. The molecule has 58 valence electrons. The van der Waals surface area contributed by atoms with Crippen LogP contribution in [-0.4, -0.2) is 23.0 Å². The lowest BCUT2D eigenvalue weighted by molar-refractivity contribution is -0.106. The van der Waals surface area contributed by atoms with Gasteiger partial charge in [0.1, 0.15) is 0 Å². The number of nitrogens with zero attached hydrogens (tertiary/aromatic N) is 2. The monoisotopic (exact) mass is 172 g/mol. The summed E-state index contributed by atoms with van der Waals surface area (Å²) in [6.45, 7) is 0. The summed E-state index contributed by atoms with van der Waals surface area (Å²) in [5, 5.41) is 12.4. The van der Waals surface area contributed by atoms with Crippen molar-refractivity contribution in [1.29, 1.82) is 0 Å². The number of hydrogen-bond donors (Lipinski definition) is 2. The highest BCUT2D eigenvalue weighted by Crippen LogP contribution is 2.17. The molecule has 1 aromatic heterocycles. The van der Waals surface area contributed by atoms with Crippen LogP contribution in [0.2, 0.25) is 0 Å². The van der Waals surface area contributed by atoms with Crippen LogP contribution in [0.3, 0.4) is 0 Å². The van der Waals surface area contributed by atoms with Gasteiger partial charge in [-0.3, -0.25) is 9.59 Å². The molecule has 0 aliphatic carbocycles. The van der Waals surface area contributed by atoms with Crippen molar-refractivity contribution in [1.82, 2.24) is 10.2 Å². The minimum Gasteiger partial charge on any atom is -0.303 e. The maximum absolute atomic E-state index is 9.88. The Balaban J connectivity index is 2.64. The van der Waals surface area contributed by atoms with E-state index >= 15 is 0 Å². The van der Waals surface area contributed by atoms with Crippen molar-refractivity contribution in [2.45, 2.75) is 0 Å². The van der Waals surface area contributed by atoms with Gasteiger partial charge in [-0.1, -0.05) is 11.3 Å². The molecule has 0 saturated heterocycles. The van der Waals surface area contributed by atoms with E-state index in [4.69, 9.17) is 0 Å². The molecule has 2 N–H and O–H groups in total. The third-order valence-electron chi connectivity index (χ3n) is 0.790. The summed E-state index contributed by atoms with van der Waals surface area (Å²) in [6, 6.07) is 0. The van der Waals surface area contributed by atoms with Crippen LogP contribution in [0.15, 0.2) is 0 Å². The molecule has 0 saturated carbocycles. The Kier molecular flexibility index (Phi) is 2.50. The highest BCUT2D eigenvalue weighted by Gasteiger charge is 1.99. The average Bonchev–Trinajstić information content (AvgIpc) is 2.38. The fourth-order valence-electron chi connectivity index (χ4n) is 0.441. The smallest absolute Gasteiger partial charge is 0.213 e. The first-order valence-corrected chi connectivity index (χ1v) is 3.42. The molecule has 7 heteroatoms. The minimum absolute atomic E-state index is 0.351. The molecule has 1 rings (SSSR count). The Labute approximate surface area is 65.6 Å². The molecule has 0 aromatic carbocycles. The molecule has 2 amide bonds. The zero-order chi connectivity index (χ0) is 8.10. The molecule has 0 aliphatic rings. The number of hydrogen-bond acceptors (Lipinski definition) is 5. The molecule has 0 spiro atoms. The number of carbonyl (C=O) groups excluding carboxylic acids is 2. The van der Waals surface area contributed by atoms with Crippen molar-refractivity contribution in [2.75, 3.05) is 10.6 Å². The minimum atomic E-state index is 0.351. The predicted octanol–water partition coefficient (Wildman–Crippen LogP) is -0.325. The van der Waals surface area contributed by atoms with Gasteiger partial charge in [0.15, 0.2) is 0 Å². The number of rotatable bonds is 4. The second kappa shape index (κ2) is 3.62. The summed E-state index contributed by atoms with van der Waals surface area (Å²) in [7, 11) is 0. The first kappa shape index (κ1) is 7.61. The lowest BCUT2D eigenvalue weighted by atomic mass is 11.1. The molecule has 0 radical (unpaired) electrons. The van der Waals surface area contributed by atoms with E-state index in [1.54, 1.807) is 0 Å². The van der Waals surface area contributed by atoms with Gasteiger partial charge in [-0.2, -0.15) is 0 Å². The normalized spacial score (nSPS) is 8.73. The lowest BCUT2D eigenvalue weighted by Gasteiger charge is -1.84.